The van der Waals surface area contributed by atoms with E-state index < -0.39 is 87.9 Å². The molecule has 0 aromatic heterocycles. The molecule has 14 nitrogen and oxygen atoms in total. The zero-order chi connectivity index (χ0) is 54.3. The van der Waals surface area contributed by atoms with Gasteiger partial charge in [-0.05, 0) is 49.9 Å². The lowest BCUT2D eigenvalue weighted by molar-refractivity contribution is -0.167. The number of esters is 3. The summed E-state index contributed by atoms with van der Waals surface area (Å²) in [4.78, 5) is 80.7. The Kier molecular flexibility index (Phi) is 37.3. The van der Waals surface area contributed by atoms with Crippen molar-refractivity contribution in [2.24, 2.45) is 11.5 Å². The maximum atomic E-state index is 14.1. The second kappa shape index (κ2) is 40.5. The van der Waals surface area contributed by atoms with Gasteiger partial charge >= 0.3 is 24.0 Å². The van der Waals surface area contributed by atoms with E-state index in [2.05, 4.69) is 13.8 Å². The molecule has 0 aliphatic rings. The largest absolute Gasteiger partial charge is 0.462 e. The van der Waals surface area contributed by atoms with Crippen LogP contribution in [-0.4, -0.2) is 86.5 Å². The second-order valence-electron chi connectivity index (χ2n) is 21.8. The molecular formula is C58H103N3O11Si. The quantitative estimate of drug-likeness (QED) is 0.0271. The number of imide groups is 1. The van der Waals surface area contributed by atoms with Gasteiger partial charge in [-0.3, -0.25) is 24.0 Å². The smallest absolute Gasteiger partial charge is 0.417 e. The molecule has 0 bridgehead atoms. The minimum absolute atomic E-state index is 0.168. The number of carbonyl (C=O) groups excluding carboxylic acids is 6. The Morgan fingerprint density at radius 1 is 0.575 bits per heavy atom. The molecule has 0 unspecified atom stereocenters. The number of unbranched alkanes of at least 4 members (excludes halogenated alkanes) is 24. The Hall–Kier alpha value is -3.82. The van der Waals surface area contributed by atoms with Crippen LogP contribution in [0.1, 0.15) is 240 Å². The van der Waals surface area contributed by atoms with Crippen molar-refractivity contribution >= 4 is 44.1 Å². The molecule has 0 heterocycles. The van der Waals surface area contributed by atoms with E-state index in [9.17, 15) is 28.8 Å². The van der Waals surface area contributed by atoms with Crippen LogP contribution in [0.5, 0.6) is 0 Å². The lowest BCUT2D eigenvalue weighted by atomic mass is 10.0. The van der Waals surface area contributed by atoms with Crippen molar-refractivity contribution < 1.29 is 52.1 Å². The van der Waals surface area contributed by atoms with Gasteiger partial charge in [-0.15, -0.1) is 0 Å². The van der Waals surface area contributed by atoms with Gasteiger partial charge in [-0.2, -0.15) is 0 Å². The summed E-state index contributed by atoms with van der Waals surface area (Å²) in [6.45, 7) is 15.3. The molecule has 1 aromatic rings. The van der Waals surface area contributed by atoms with Crippen LogP contribution in [0.3, 0.4) is 0 Å². The summed E-state index contributed by atoms with van der Waals surface area (Å²) in [5.41, 5.74) is 12.9. The highest BCUT2D eigenvalue weighted by Gasteiger charge is 2.43. The summed E-state index contributed by atoms with van der Waals surface area (Å²) >= 11 is 0. The molecule has 4 atom stereocenters. The van der Waals surface area contributed by atoms with Crippen LogP contribution in [0.4, 0.5) is 4.79 Å². The number of hydrogen-bond acceptors (Lipinski definition) is 12. The molecule has 15 heteroatoms. The average Bonchev–Trinajstić information content (AvgIpc) is 3.34. The molecule has 1 aromatic carbocycles. The number of rotatable bonds is 44. The molecule has 0 aliphatic heterocycles. The zero-order valence-electron chi connectivity index (χ0n) is 47.1. The normalized spacial score (nSPS) is 13.4. The predicted molar refractivity (Wildman–Crippen MR) is 294 cm³/mol. The number of hydrogen-bond donors (Lipinski definition) is 2. The van der Waals surface area contributed by atoms with Gasteiger partial charge in [0.2, 0.25) is 5.91 Å². The lowest BCUT2D eigenvalue weighted by Gasteiger charge is -2.40. The van der Waals surface area contributed by atoms with Crippen molar-refractivity contribution in [1.29, 1.82) is 0 Å². The van der Waals surface area contributed by atoms with Gasteiger partial charge in [0, 0.05) is 19.3 Å². The van der Waals surface area contributed by atoms with E-state index in [0.717, 1.165) is 38.5 Å². The van der Waals surface area contributed by atoms with Gasteiger partial charge < -0.3 is 34.8 Å². The van der Waals surface area contributed by atoms with Crippen LogP contribution in [0.15, 0.2) is 30.3 Å². The molecular weight excluding hydrogens is 943 g/mol. The van der Waals surface area contributed by atoms with E-state index in [-0.39, 0.29) is 31.1 Å². The molecule has 0 saturated heterocycles. The van der Waals surface area contributed by atoms with Gasteiger partial charge in [-0.1, -0.05) is 219 Å². The highest BCUT2D eigenvalue weighted by molar-refractivity contribution is 6.74. The van der Waals surface area contributed by atoms with E-state index in [1.807, 2.05) is 33.9 Å². The Labute approximate surface area is 443 Å². The first-order valence-corrected chi connectivity index (χ1v) is 31.5. The molecule has 0 spiro atoms. The third-order valence-corrected chi connectivity index (χ3v) is 18.7. The molecule has 0 radical (unpaired) electrons. The van der Waals surface area contributed by atoms with Crippen LogP contribution in [0, 0.1) is 0 Å². The molecule has 0 aliphatic carbocycles. The van der Waals surface area contributed by atoms with Crippen molar-refractivity contribution in [3.63, 3.8) is 0 Å². The maximum absolute atomic E-state index is 14.1. The minimum atomic E-state index is -2.44. The molecule has 4 N–H and O–H groups in total. The first-order chi connectivity index (χ1) is 34.8. The van der Waals surface area contributed by atoms with Gasteiger partial charge in [0.15, 0.2) is 14.4 Å². The number of primary amides is 1. The number of carbonyl (C=O) groups is 6. The first kappa shape index (κ1) is 67.2. The standard InChI is InChI=1S/C58H103N3O11Si/c1-9-11-13-15-17-19-21-23-25-27-29-31-36-40-51(62)68-45-49(71-53(64)41-37-32-30-28-26-24-22-20-18-16-14-12-10-2)46-69-52(63)43-42-50(55(60)65)61(57(67)70-44-48-38-34-33-35-39-48)56(66)54(59)47(3)72-73(7,8)58(4,5)6/h33-35,38-39,47,49-50,54H,9-32,36-37,40-46,59H2,1-8H3,(H2,60,65)/t47-,49+,50+,54-/m0/s1. The zero-order valence-corrected chi connectivity index (χ0v) is 48.1. The highest BCUT2D eigenvalue weighted by Crippen LogP contribution is 2.37. The van der Waals surface area contributed by atoms with Crippen LogP contribution in [-0.2, 0) is 54.0 Å². The number of benzene rings is 1. The lowest BCUT2D eigenvalue weighted by Crippen LogP contribution is -2.59. The fraction of sp³-hybridized carbons (Fsp3) is 0.793. The highest BCUT2D eigenvalue weighted by atomic mass is 28.4. The van der Waals surface area contributed by atoms with Gasteiger partial charge in [0.05, 0.1) is 6.10 Å². The van der Waals surface area contributed by atoms with Crippen molar-refractivity contribution in [3.05, 3.63) is 35.9 Å². The molecule has 0 fully saturated rings. The number of amides is 3. The summed E-state index contributed by atoms with van der Waals surface area (Å²) in [7, 11) is -2.44. The third kappa shape index (κ3) is 32.3. The number of nitrogens with zero attached hydrogens (tertiary/aromatic N) is 1. The van der Waals surface area contributed by atoms with Crippen LogP contribution in [0.25, 0.3) is 0 Å². The van der Waals surface area contributed by atoms with Gasteiger partial charge in [-0.25, -0.2) is 9.69 Å². The molecule has 73 heavy (non-hydrogen) atoms. The summed E-state index contributed by atoms with van der Waals surface area (Å²) in [6, 6.07) is 5.74. The Bertz CT molecular complexity index is 1660. The monoisotopic (exact) mass is 1050 g/mol. The summed E-state index contributed by atoms with van der Waals surface area (Å²) in [6.07, 6.45) is 27.0. The van der Waals surface area contributed by atoms with Crippen molar-refractivity contribution in [2.45, 2.75) is 283 Å². The Balaban J connectivity index is 2.93. The Morgan fingerprint density at radius 2 is 0.973 bits per heavy atom. The number of nitrogens with two attached hydrogens (primary N) is 2. The Morgan fingerprint density at radius 3 is 1.38 bits per heavy atom. The van der Waals surface area contributed by atoms with E-state index >= 15 is 0 Å². The summed E-state index contributed by atoms with van der Waals surface area (Å²) in [5.74, 6) is -3.78. The summed E-state index contributed by atoms with van der Waals surface area (Å²) in [5, 5.41) is -0.217. The average molecular weight is 1050 g/mol. The first-order valence-electron chi connectivity index (χ1n) is 28.6. The molecule has 1 rings (SSSR count). The minimum Gasteiger partial charge on any atom is -0.462 e. The second-order valence-corrected chi connectivity index (χ2v) is 26.5. The topological polar surface area (TPSA) is 204 Å². The third-order valence-electron chi connectivity index (χ3n) is 14.1. The SMILES string of the molecule is CCCCCCCCCCCCCCCC(=O)OC[C@H](COC(=O)CC[C@H](C(N)=O)N(C(=O)OCc1ccccc1)C(=O)[C@@H](N)[C@H](C)O[Si](C)(C)C(C)(C)C)OC(=O)CCCCCCCCCCCCCCC. The van der Waals surface area contributed by atoms with E-state index in [1.54, 1.807) is 37.3 Å². The van der Waals surface area contributed by atoms with Crippen molar-refractivity contribution in [3.8, 4) is 0 Å². The van der Waals surface area contributed by atoms with Gasteiger partial charge in [0.25, 0.3) is 5.91 Å². The van der Waals surface area contributed by atoms with E-state index in [0.29, 0.717) is 23.3 Å². The van der Waals surface area contributed by atoms with Crippen LogP contribution < -0.4 is 11.5 Å². The molecule has 0 saturated carbocycles. The summed E-state index contributed by atoms with van der Waals surface area (Å²) < 4.78 is 28.7. The number of ether oxygens (including phenoxy) is 4. The molecule has 420 valence electrons. The van der Waals surface area contributed by atoms with E-state index in [1.165, 1.54) is 116 Å². The van der Waals surface area contributed by atoms with E-state index in [4.69, 9.17) is 34.8 Å². The van der Waals surface area contributed by atoms with Gasteiger partial charge in [0.1, 0.15) is 31.9 Å². The molecule has 3 amide bonds. The fourth-order valence-corrected chi connectivity index (χ4v) is 9.77. The maximum Gasteiger partial charge on any atom is 0.417 e. The van der Waals surface area contributed by atoms with Crippen molar-refractivity contribution in [2.75, 3.05) is 13.2 Å². The van der Waals surface area contributed by atoms with Crippen molar-refractivity contribution in [1.82, 2.24) is 4.90 Å². The van der Waals surface area contributed by atoms with Crippen LogP contribution >= 0.6 is 0 Å². The predicted octanol–water partition coefficient (Wildman–Crippen LogP) is 13.5. The fourth-order valence-electron chi connectivity index (χ4n) is 8.34. The van der Waals surface area contributed by atoms with Crippen LogP contribution in [0.2, 0.25) is 18.1 Å².